The van der Waals surface area contributed by atoms with Crippen molar-refractivity contribution in [3.8, 4) is 11.5 Å². The highest BCUT2D eigenvalue weighted by molar-refractivity contribution is 7.89. The Balaban J connectivity index is 1.97. The van der Waals surface area contributed by atoms with Crippen LogP contribution in [0.25, 0.3) is 0 Å². The smallest absolute Gasteiger partial charge is 0.418 e. The Morgan fingerprint density at radius 3 is 1.94 bits per heavy atom. The standard InChI is InChI=1S/C20H27N2O7PS/c1-15(2)28-30(24,29-16(3)4)20(23)21-14-22-31(25,26)19-12-10-18(11-13-19)27-17-8-6-5-7-9-17/h5-13,15-16,22H,14H2,1-4H3,(H,21,23). The van der Waals surface area contributed by atoms with Crippen LogP contribution >= 0.6 is 7.60 Å². The van der Waals surface area contributed by atoms with Gasteiger partial charge in [0.05, 0.1) is 23.8 Å². The van der Waals surface area contributed by atoms with Crippen LogP contribution in [0.4, 0.5) is 4.79 Å². The maximum Gasteiger partial charge on any atom is 0.418 e. The van der Waals surface area contributed by atoms with Crippen LogP contribution in [0.1, 0.15) is 27.7 Å². The number of para-hydroxylation sites is 1. The van der Waals surface area contributed by atoms with E-state index in [0.717, 1.165) is 0 Å². The summed E-state index contributed by atoms with van der Waals surface area (Å²) in [6, 6.07) is 14.8. The lowest BCUT2D eigenvalue weighted by atomic mass is 10.3. The summed E-state index contributed by atoms with van der Waals surface area (Å²) in [5.74, 6) is 1.09. The SMILES string of the molecule is CC(C)OP(=O)(OC(C)C)C(=O)NCNS(=O)(=O)c1ccc(Oc2ccccc2)cc1. The predicted octanol–water partition coefficient (Wildman–Crippen LogP) is 4.47. The fourth-order valence-electron chi connectivity index (χ4n) is 2.37. The number of hydrogen-bond donors (Lipinski definition) is 2. The maximum atomic E-state index is 12.7. The molecule has 0 unspecified atom stereocenters. The van der Waals surface area contributed by atoms with Gasteiger partial charge in [0.15, 0.2) is 0 Å². The molecule has 0 atom stereocenters. The van der Waals surface area contributed by atoms with Crippen LogP contribution in [0.5, 0.6) is 11.5 Å². The van der Waals surface area contributed by atoms with Gasteiger partial charge >= 0.3 is 13.2 Å². The Labute approximate surface area is 182 Å². The van der Waals surface area contributed by atoms with Crippen LogP contribution in [0.2, 0.25) is 0 Å². The second-order valence-corrected chi connectivity index (χ2v) is 10.6. The first-order valence-electron chi connectivity index (χ1n) is 9.60. The topological polar surface area (TPSA) is 120 Å². The van der Waals surface area contributed by atoms with E-state index in [1.54, 1.807) is 39.8 Å². The van der Waals surface area contributed by atoms with Gasteiger partial charge in [-0.2, -0.15) is 4.72 Å². The Morgan fingerprint density at radius 2 is 1.42 bits per heavy atom. The Morgan fingerprint density at radius 1 is 0.903 bits per heavy atom. The van der Waals surface area contributed by atoms with Gasteiger partial charge in [0.1, 0.15) is 11.5 Å². The van der Waals surface area contributed by atoms with Crippen LogP contribution in [0.15, 0.2) is 59.5 Å². The third-order valence-electron chi connectivity index (χ3n) is 3.56. The van der Waals surface area contributed by atoms with Crippen LogP contribution in [-0.2, 0) is 23.6 Å². The summed E-state index contributed by atoms with van der Waals surface area (Å²) in [6.07, 6.45) is -1.05. The van der Waals surface area contributed by atoms with Gasteiger partial charge in [-0.05, 0) is 64.1 Å². The molecule has 0 saturated heterocycles. The molecule has 170 valence electrons. The summed E-state index contributed by atoms with van der Waals surface area (Å²) >= 11 is 0. The van der Waals surface area contributed by atoms with Gasteiger partial charge < -0.3 is 10.1 Å². The Bertz CT molecular complexity index is 996. The number of sulfonamides is 1. The number of amides is 1. The largest absolute Gasteiger partial charge is 0.457 e. The normalized spacial score (nSPS) is 12.2. The molecule has 9 nitrogen and oxygen atoms in total. The molecule has 11 heteroatoms. The lowest BCUT2D eigenvalue weighted by Crippen LogP contribution is -2.37. The van der Waals surface area contributed by atoms with Gasteiger partial charge in [0, 0.05) is 0 Å². The molecular weight excluding hydrogens is 443 g/mol. The van der Waals surface area contributed by atoms with Gasteiger partial charge in [-0.15, -0.1) is 0 Å². The van der Waals surface area contributed by atoms with E-state index in [1.807, 2.05) is 18.2 Å². The van der Waals surface area contributed by atoms with Gasteiger partial charge in [-0.3, -0.25) is 13.8 Å². The minimum absolute atomic E-state index is 0.0257. The summed E-state index contributed by atoms with van der Waals surface area (Å²) in [6.45, 7) is 5.94. The highest BCUT2D eigenvalue weighted by Crippen LogP contribution is 2.51. The fourth-order valence-corrected chi connectivity index (χ4v) is 4.92. The minimum atomic E-state index is -4.12. The summed E-state index contributed by atoms with van der Waals surface area (Å²) in [5, 5.41) is 2.24. The zero-order chi connectivity index (χ0) is 23.1. The molecule has 0 spiro atoms. The monoisotopic (exact) mass is 470 g/mol. The molecule has 0 aliphatic carbocycles. The lowest BCUT2D eigenvalue weighted by molar-refractivity contribution is 0.143. The third kappa shape index (κ3) is 7.75. The first-order chi connectivity index (χ1) is 14.5. The van der Waals surface area contributed by atoms with E-state index < -0.39 is 42.1 Å². The van der Waals surface area contributed by atoms with E-state index in [9.17, 15) is 17.8 Å². The summed E-state index contributed by atoms with van der Waals surface area (Å²) in [5.41, 5.74) is -1.02. The number of carbonyl (C=O) groups is 1. The van der Waals surface area contributed by atoms with Crippen LogP contribution in [-0.4, -0.2) is 32.9 Å². The van der Waals surface area contributed by atoms with Crippen LogP contribution in [0.3, 0.4) is 0 Å². The molecule has 2 rings (SSSR count). The molecule has 0 heterocycles. The molecule has 0 radical (unpaired) electrons. The van der Waals surface area contributed by atoms with E-state index in [-0.39, 0.29) is 4.90 Å². The molecule has 1 amide bonds. The minimum Gasteiger partial charge on any atom is -0.457 e. The van der Waals surface area contributed by atoms with E-state index in [0.29, 0.717) is 11.5 Å². The first kappa shape index (κ1) is 25.0. The average Bonchev–Trinajstić information content (AvgIpc) is 2.67. The van der Waals surface area contributed by atoms with Crippen molar-refractivity contribution < 1.29 is 31.6 Å². The summed E-state index contributed by atoms with van der Waals surface area (Å²) < 4.78 is 55.8. The average molecular weight is 470 g/mol. The van der Waals surface area contributed by atoms with Crippen molar-refractivity contribution in [3.63, 3.8) is 0 Å². The fraction of sp³-hybridized carbons (Fsp3) is 0.350. The third-order valence-corrected chi connectivity index (χ3v) is 7.03. The van der Waals surface area contributed by atoms with E-state index in [1.165, 1.54) is 24.3 Å². The van der Waals surface area contributed by atoms with Crippen molar-refractivity contribution in [1.82, 2.24) is 10.0 Å². The molecule has 0 saturated carbocycles. The number of carbonyl (C=O) groups excluding carboxylic acids is 1. The second kappa shape index (κ2) is 10.9. The van der Waals surface area contributed by atoms with E-state index in [2.05, 4.69) is 10.0 Å². The molecule has 2 aromatic carbocycles. The number of nitrogens with one attached hydrogen (secondary N) is 2. The van der Waals surface area contributed by atoms with Crippen molar-refractivity contribution in [2.24, 2.45) is 0 Å². The quantitative estimate of drug-likeness (QED) is 0.367. The molecule has 2 aromatic rings. The van der Waals surface area contributed by atoms with E-state index in [4.69, 9.17) is 13.8 Å². The zero-order valence-corrected chi connectivity index (χ0v) is 19.5. The van der Waals surface area contributed by atoms with Crippen molar-refractivity contribution in [2.75, 3.05) is 6.67 Å². The zero-order valence-electron chi connectivity index (χ0n) is 17.8. The van der Waals surface area contributed by atoms with Crippen molar-refractivity contribution in [3.05, 3.63) is 54.6 Å². The van der Waals surface area contributed by atoms with Crippen molar-refractivity contribution in [1.29, 1.82) is 0 Å². The molecule has 0 aliphatic heterocycles. The maximum absolute atomic E-state index is 12.7. The second-order valence-electron chi connectivity index (χ2n) is 7.00. The van der Waals surface area contributed by atoms with E-state index >= 15 is 0 Å². The Kier molecular flexibility index (Phi) is 8.79. The molecule has 0 aliphatic rings. The first-order valence-corrected chi connectivity index (χ1v) is 12.6. The van der Waals surface area contributed by atoms with Gasteiger partial charge in [-0.1, -0.05) is 18.2 Å². The van der Waals surface area contributed by atoms with Gasteiger partial charge in [0.25, 0.3) is 0 Å². The Hall–Kier alpha value is -2.23. The number of hydrogen-bond acceptors (Lipinski definition) is 7. The number of rotatable bonds is 11. The molecular formula is C20H27N2O7PS. The number of ether oxygens (including phenoxy) is 1. The predicted molar refractivity (Wildman–Crippen MR) is 117 cm³/mol. The summed E-state index contributed by atoms with van der Waals surface area (Å²) in [4.78, 5) is 12.3. The molecule has 0 fully saturated rings. The van der Waals surface area contributed by atoms with Crippen LogP contribution < -0.4 is 14.8 Å². The molecule has 31 heavy (non-hydrogen) atoms. The molecule has 0 aromatic heterocycles. The summed E-state index contributed by atoms with van der Waals surface area (Å²) in [7, 11) is -8.05. The van der Waals surface area contributed by atoms with Gasteiger partial charge in [0.2, 0.25) is 10.0 Å². The van der Waals surface area contributed by atoms with Gasteiger partial charge in [-0.25, -0.2) is 13.0 Å². The van der Waals surface area contributed by atoms with Crippen LogP contribution in [0, 0.1) is 0 Å². The van der Waals surface area contributed by atoms with Crippen molar-refractivity contribution in [2.45, 2.75) is 44.8 Å². The number of benzene rings is 2. The molecule has 2 N–H and O–H groups in total. The highest BCUT2D eigenvalue weighted by Gasteiger charge is 2.37. The molecule has 0 bridgehead atoms. The van der Waals surface area contributed by atoms with Crippen molar-refractivity contribution >= 4 is 23.3 Å². The lowest BCUT2D eigenvalue weighted by Gasteiger charge is -2.21. The highest BCUT2D eigenvalue weighted by atomic mass is 32.2.